The first-order valence-corrected chi connectivity index (χ1v) is 8.67. The Hall–Kier alpha value is -1.14. The normalized spacial score (nSPS) is 16.5. The van der Waals surface area contributed by atoms with Crippen LogP contribution in [0.5, 0.6) is 0 Å². The Balaban J connectivity index is 2.76. The first kappa shape index (κ1) is 20.9. The average molecular weight is 339 g/mol. The third kappa shape index (κ3) is 7.62. The van der Waals surface area contributed by atoms with Gasteiger partial charge >= 0.3 is 0 Å². The van der Waals surface area contributed by atoms with E-state index in [0.717, 1.165) is 5.69 Å². The maximum absolute atomic E-state index is 9.35. The molecular formula is C19H33NO4. The second-order valence-corrected chi connectivity index (χ2v) is 6.71. The molecule has 0 fully saturated rings. The van der Waals surface area contributed by atoms with Gasteiger partial charge in [0.05, 0.1) is 38.6 Å². The van der Waals surface area contributed by atoms with Crippen molar-refractivity contribution >= 4 is 5.69 Å². The number of nitrogens with zero attached hydrogens (tertiary/aromatic N) is 1. The summed E-state index contributed by atoms with van der Waals surface area (Å²) in [6, 6.07) is 8.66. The minimum absolute atomic E-state index is 0.136. The van der Waals surface area contributed by atoms with Crippen LogP contribution in [-0.4, -0.2) is 60.9 Å². The molecule has 138 valence electrons. The smallest absolute Gasteiger partial charge is 0.0745 e. The van der Waals surface area contributed by atoms with E-state index >= 15 is 0 Å². The molecule has 0 aliphatic rings. The van der Waals surface area contributed by atoms with E-state index in [1.807, 2.05) is 0 Å². The Kier molecular flexibility index (Phi) is 9.29. The van der Waals surface area contributed by atoms with Crippen LogP contribution < -0.4 is 4.90 Å². The maximum Gasteiger partial charge on any atom is 0.0745 e. The Morgan fingerprint density at radius 3 is 1.58 bits per heavy atom. The lowest BCUT2D eigenvalue weighted by molar-refractivity contribution is 0.0308. The topological polar surface area (TPSA) is 62.2 Å². The van der Waals surface area contributed by atoms with Crippen LogP contribution in [0, 0.1) is 6.92 Å². The lowest BCUT2D eigenvalue weighted by Crippen LogP contribution is -2.45. The molecule has 0 aromatic heterocycles. The minimum atomic E-state index is -0.461. The predicted octanol–water partition coefficient (Wildman–Crippen LogP) is 2.37. The molecule has 0 bridgehead atoms. The van der Waals surface area contributed by atoms with Gasteiger partial charge in [0, 0.05) is 17.8 Å². The number of ether oxygens (including phenoxy) is 2. The van der Waals surface area contributed by atoms with Crippen LogP contribution in [0.25, 0.3) is 0 Å². The van der Waals surface area contributed by atoms with Gasteiger partial charge in [-0.3, -0.25) is 0 Å². The predicted molar refractivity (Wildman–Crippen MR) is 97.6 cm³/mol. The van der Waals surface area contributed by atoms with Gasteiger partial charge in [-0.2, -0.15) is 0 Å². The average Bonchev–Trinajstić information content (AvgIpc) is 2.48. The molecule has 0 spiro atoms. The lowest BCUT2D eigenvalue weighted by Gasteiger charge is -2.37. The van der Waals surface area contributed by atoms with Crippen LogP contribution in [0.15, 0.2) is 24.3 Å². The third-order valence-corrected chi connectivity index (χ3v) is 3.72. The molecule has 0 heterocycles. The van der Waals surface area contributed by atoms with Crippen molar-refractivity contribution in [3.8, 4) is 0 Å². The van der Waals surface area contributed by atoms with Crippen molar-refractivity contribution in [3.63, 3.8) is 0 Å². The van der Waals surface area contributed by atoms with Crippen LogP contribution in [0.3, 0.4) is 0 Å². The molecule has 24 heavy (non-hydrogen) atoms. The van der Waals surface area contributed by atoms with Crippen molar-refractivity contribution in [3.05, 3.63) is 29.8 Å². The molecule has 0 aliphatic heterocycles. The number of rotatable bonds is 11. The van der Waals surface area contributed by atoms with E-state index in [0.29, 0.717) is 26.4 Å². The van der Waals surface area contributed by atoms with Gasteiger partial charge < -0.3 is 24.6 Å². The van der Waals surface area contributed by atoms with Gasteiger partial charge in [0.2, 0.25) is 0 Å². The van der Waals surface area contributed by atoms with Crippen molar-refractivity contribution in [2.24, 2.45) is 0 Å². The fourth-order valence-electron chi connectivity index (χ4n) is 2.64. The zero-order chi connectivity index (χ0) is 18.1. The Morgan fingerprint density at radius 1 is 0.792 bits per heavy atom. The molecule has 1 aromatic carbocycles. The van der Waals surface area contributed by atoms with E-state index in [1.165, 1.54) is 5.56 Å². The van der Waals surface area contributed by atoms with Gasteiger partial charge in [-0.15, -0.1) is 0 Å². The maximum atomic E-state index is 9.35. The summed E-state index contributed by atoms with van der Waals surface area (Å²) in [4.78, 5) is 2.27. The molecule has 5 nitrogen and oxygen atoms in total. The molecule has 4 unspecified atom stereocenters. The van der Waals surface area contributed by atoms with Gasteiger partial charge in [0.25, 0.3) is 0 Å². The lowest BCUT2D eigenvalue weighted by atomic mass is 10.1. The number of aliphatic hydroxyl groups is 2. The summed E-state index contributed by atoms with van der Waals surface area (Å²) in [5, 5.41) is 18.7. The van der Waals surface area contributed by atoms with Gasteiger partial charge in [0.1, 0.15) is 0 Å². The van der Waals surface area contributed by atoms with E-state index in [4.69, 9.17) is 9.47 Å². The van der Waals surface area contributed by atoms with E-state index in [1.54, 1.807) is 13.8 Å². The quantitative estimate of drug-likeness (QED) is 0.648. The zero-order valence-electron chi connectivity index (χ0n) is 15.6. The Bertz CT molecular complexity index is 427. The molecular weight excluding hydrogens is 306 g/mol. The minimum Gasteiger partial charge on any atom is -0.391 e. The molecule has 1 aromatic rings. The van der Waals surface area contributed by atoms with E-state index < -0.39 is 12.2 Å². The highest BCUT2D eigenvalue weighted by Gasteiger charge is 2.21. The highest BCUT2D eigenvalue weighted by Crippen LogP contribution is 2.21. The summed E-state index contributed by atoms with van der Waals surface area (Å²) >= 11 is 0. The second kappa shape index (κ2) is 10.7. The van der Waals surface area contributed by atoms with Crippen molar-refractivity contribution < 1.29 is 19.7 Å². The van der Waals surface area contributed by atoms with E-state index in [9.17, 15) is 10.2 Å². The zero-order valence-corrected chi connectivity index (χ0v) is 15.6. The number of aryl methyl sites for hydroxylation is 1. The molecule has 0 saturated carbocycles. The Labute approximate surface area is 146 Å². The van der Waals surface area contributed by atoms with Crippen LogP contribution in [0.2, 0.25) is 0 Å². The highest BCUT2D eigenvalue weighted by molar-refractivity contribution is 5.49. The van der Waals surface area contributed by atoms with Crippen molar-refractivity contribution in [1.29, 1.82) is 0 Å². The third-order valence-electron chi connectivity index (χ3n) is 3.72. The van der Waals surface area contributed by atoms with Crippen LogP contribution in [0.1, 0.15) is 33.3 Å². The van der Waals surface area contributed by atoms with Gasteiger partial charge in [-0.25, -0.2) is 0 Å². The summed E-state index contributed by atoms with van der Waals surface area (Å²) in [6.07, 6.45) is -0.923. The number of hydrogen-bond acceptors (Lipinski definition) is 5. The molecule has 0 saturated heterocycles. The molecule has 5 heteroatoms. The molecule has 2 N–H and O–H groups in total. The van der Waals surface area contributed by atoms with E-state index in [-0.39, 0.29) is 12.1 Å². The first-order chi connectivity index (χ1) is 11.3. The summed E-state index contributed by atoms with van der Waals surface area (Å²) in [5.41, 5.74) is 2.33. The molecule has 1 rings (SSSR count). The number of hydrogen-bond donors (Lipinski definition) is 2. The Morgan fingerprint density at radius 2 is 1.21 bits per heavy atom. The molecule has 4 atom stereocenters. The van der Waals surface area contributed by atoms with Gasteiger partial charge in [-0.1, -0.05) is 17.7 Å². The fraction of sp³-hybridized carbons (Fsp3) is 0.684. The number of anilines is 1. The molecule has 0 radical (unpaired) electrons. The number of aliphatic hydroxyl groups excluding tert-OH is 2. The summed E-state index contributed by atoms with van der Waals surface area (Å²) in [7, 11) is 0. The van der Waals surface area contributed by atoms with Gasteiger partial charge in [-0.05, 0) is 46.8 Å². The molecule has 0 amide bonds. The van der Waals surface area contributed by atoms with E-state index in [2.05, 4.69) is 49.9 Å². The van der Waals surface area contributed by atoms with Crippen LogP contribution >= 0.6 is 0 Å². The van der Waals surface area contributed by atoms with Crippen LogP contribution in [0.4, 0.5) is 5.69 Å². The summed E-state index contributed by atoms with van der Waals surface area (Å²) in [5.74, 6) is 0. The first-order valence-electron chi connectivity index (χ1n) is 8.67. The highest BCUT2D eigenvalue weighted by atomic mass is 16.5. The van der Waals surface area contributed by atoms with Crippen LogP contribution in [-0.2, 0) is 9.47 Å². The molecule has 0 aliphatic carbocycles. The van der Waals surface area contributed by atoms with Crippen molar-refractivity contribution in [2.45, 2.75) is 58.9 Å². The largest absolute Gasteiger partial charge is 0.391 e. The standard InChI is InChI=1S/C19H33NO4/c1-14-6-8-19(9-7-14)20(15(2)10-23-12-17(4)21)16(3)11-24-13-18(5)22/h6-9,15-18,21-22H,10-13H2,1-5H3. The summed E-state index contributed by atoms with van der Waals surface area (Å²) < 4.78 is 11.2. The monoisotopic (exact) mass is 339 g/mol. The fourth-order valence-corrected chi connectivity index (χ4v) is 2.64. The number of benzene rings is 1. The summed E-state index contributed by atoms with van der Waals surface area (Å²) in [6.45, 7) is 11.4. The van der Waals surface area contributed by atoms with Crippen molar-refractivity contribution in [1.82, 2.24) is 0 Å². The second-order valence-electron chi connectivity index (χ2n) is 6.71. The SMILES string of the molecule is Cc1ccc(N(C(C)COCC(C)O)C(C)COCC(C)O)cc1. The van der Waals surface area contributed by atoms with Crippen molar-refractivity contribution in [2.75, 3.05) is 31.3 Å². The van der Waals surface area contributed by atoms with Gasteiger partial charge in [0.15, 0.2) is 0 Å².